The second-order valence-electron chi connectivity index (χ2n) is 7.66. The summed E-state index contributed by atoms with van der Waals surface area (Å²) in [7, 11) is 1.92. The molecule has 1 aliphatic heterocycles. The molecule has 31 heavy (non-hydrogen) atoms. The molecule has 1 amide bonds. The lowest BCUT2D eigenvalue weighted by Gasteiger charge is -2.35. The molecule has 0 saturated carbocycles. The summed E-state index contributed by atoms with van der Waals surface area (Å²) in [6.07, 6.45) is 5.99. The molecule has 1 saturated heterocycles. The summed E-state index contributed by atoms with van der Waals surface area (Å²) in [5.41, 5.74) is 1.85. The van der Waals surface area contributed by atoms with E-state index in [1.165, 1.54) is 0 Å². The fraction of sp³-hybridized carbons (Fsp3) is 0.273. The molecule has 1 N–H and O–H groups in total. The average molecular weight is 416 g/mol. The number of hydrogen-bond acceptors (Lipinski definition) is 6. The molecule has 4 aromatic rings. The quantitative estimate of drug-likeness (QED) is 0.536. The lowest BCUT2D eigenvalue weighted by molar-refractivity contribution is -0.130. The molecule has 1 fully saturated rings. The number of fused-ring (bicyclic) bond motifs is 1. The molecule has 0 spiro atoms. The highest BCUT2D eigenvalue weighted by Crippen LogP contribution is 2.20. The van der Waals surface area contributed by atoms with Crippen LogP contribution in [0, 0.1) is 0 Å². The zero-order valence-electron chi connectivity index (χ0n) is 17.3. The maximum Gasteiger partial charge on any atom is 0.230 e. The van der Waals surface area contributed by atoms with E-state index < -0.39 is 0 Å². The summed E-state index contributed by atoms with van der Waals surface area (Å²) in [4.78, 5) is 30.5. The van der Waals surface area contributed by atoms with E-state index >= 15 is 0 Å². The number of amides is 1. The standard InChI is InChI=1S/C22H24N8O/c1-27-15-18(23-16-27)24-22-26-21(25-19-8-5-9-30(19)22)29-12-10-28(11-13-29)20(31)14-17-6-3-2-4-7-17/h2-9,15-16H,10-14H2,1H3,(H,24,25,26). The summed E-state index contributed by atoms with van der Waals surface area (Å²) in [5.74, 6) is 2.19. The Morgan fingerprint density at radius 1 is 1.03 bits per heavy atom. The van der Waals surface area contributed by atoms with Gasteiger partial charge < -0.3 is 19.7 Å². The van der Waals surface area contributed by atoms with Gasteiger partial charge in [0.25, 0.3) is 0 Å². The van der Waals surface area contributed by atoms with Gasteiger partial charge in [0.1, 0.15) is 5.65 Å². The molecule has 158 valence electrons. The number of piperazine rings is 1. The van der Waals surface area contributed by atoms with Gasteiger partial charge in [-0.2, -0.15) is 9.97 Å². The first kappa shape index (κ1) is 19.1. The molecule has 4 heterocycles. The van der Waals surface area contributed by atoms with Gasteiger partial charge in [0.15, 0.2) is 5.82 Å². The van der Waals surface area contributed by atoms with Crippen molar-refractivity contribution in [1.82, 2.24) is 28.8 Å². The van der Waals surface area contributed by atoms with Crippen LogP contribution in [0.5, 0.6) is 0 Å². The van der Waals surface area contributed by atoms with Gasteiger partial charge in [-0.3, -0.25) is 9.20 Å². The number of anilines is 3. The Morgan fingerprint density at radius 2 is 1.84 bits per heavy atom. The molecule has 0 unspecified atom stereocenters. The summed E-state index contributed by atoms with van der Waals surface area (Å²) >= 11 is 0. The second-order valence-corrected chi connectivity index (χ2v) is 7.66. The largest absolute Gasteiger partial charge is 0.339 e. The smallest absolute Gasteiger partial charge is 0.230 e. The normalized spacial score (nSPS) is 14.2. The first-order valence-electron chi connectivity index (χ1n) is 10.3. The van der Waals surface area contributed by atoms with Crippen LogP contribution >= 0.6 is 0 Å². The second kappa shape index (κ2) is 8.10. The van der Waals surface area contributed by atoms with E-state index in [1.54, 1.807) is 6.33 Å². The van der Waals surface area contributed by atoms with Crippen molar-refractivity contribution in [3.05, 3.63) is 66.7 Å². The average Bonchev–Trinajstić information content (AvgIpc) is 3.43. The fourth-order valence-corrected chi connectivity index (χ4v) is 3.78. The Bertz CT molecular complexity index is 1190. The third-order valence-corrected chi connectivity index (χ3v) is 5.43. The molecule has 1 aromatic carbocycles. The fourth-order valence-electron chi connectivity index (χ4n) is 3.78. The molecule has 5 rings (SSSR count). The lowest BCUT2D eigenvalue weighted by Crippen LogP contribution is -2.49. The molecule has 0 bridgehead atoms. The minimum Gasteiger partial charge on any atom is -0.339 e. The predicted octanol–water partition coefficient (Wildman–Crippen LogP) is 2.10. The van der Waals surface area contributed by atoms with Crippen molar-refractivity contribution in [2.75, 3.05) is 36.4 Å². The topological polar surface area (TPSA) is 83.6 Å². The number of aryl methyl sites for hydroxylation is 1. The predicted molar refractivity (Wildman–Crippen MR) is 118 cm³/mol. The highest BCUT2D eigenvalue weighted by molar-refractivity contribution is 5.79. The Labute approximate surface area is 180 Å². The van der Waals surface area contributed by atoms with Crippen LogP contribution in [-0.4, -0.2) is 60.9 Å². The minimum absolute atomic E-state index is 0.159. The molecule has 0 radical (unpaired) electrons. The number of carbonyl (C=O) groups is 1. The molecular formula is C22H24N8O. The van der Waals surface area contributed by atoms with Gasteiger partial charge >= 0.3 is 0 Å². The van der Waals surface area contributed by atoms with Crippen LogP contribution in [0.3, 0.4) is 0 Å². The van der Waals surface area contributed by atoms with Crippen LogP contribution in [0.25, 0.3) is 5.65 Å². The van der Waals surface area contributed by atoms with Crippen molar-refractivity contribution in [2.45, 2.75) is 6.42 Å². The van der Waals surface area contributed by atoms with Gasteiger partial charge in [0, 0.05) is 45.6 Å². The number of nitrogens with one attached hydrogen (secondary N) is 1. The zero-order valence-corrected chi connectivity index (χ0v) is 17.3. The van der Waals surface area contributed by atoms with Crippen molar-refractivity contribution in [2.24, 2.45) is 7.05 Å². The number of imidazole rings is 1. The first-order chi connectivity index (χ1) is 15.2. The monoisotopic (exact) mass is 416 g/mol. The van der Waals surface area contributed by atoms with E-state index in [1.807, 2.05) is 75.8 Å². The van der Waals surface area contributed by atoms with Gasteiger partial charge in [-0.05, 0) is 17.7 Å². The zero-order chi connectivity index (χ0) is 21.2. The van der Waals surface area contributed by atoms with Crippen molar-refractivity contribution >= 4 is 29.3 Å². The Hall–Kier alpha value is -3.88. The highest BCUT2D eigenvalue weighted by atomic mass is 16.2. The van der Waals surface area contributed by atoms with Crippen molar-refractivity contribution < 1.29 is 4.79 Å². The highest BCUT2D eigenvalue weighted by Gasteiger charge is 2.23. The van der Waals surface area contributed by atoms with E-state index in [0.717, 1.165) is 17.0 Å². The van der Waals surface area contributed by atoms with Crippen LogP contribution in [0.4, 0.5) is 17.7 Å². The van der Waals surface area contributed by atoms with Gasteiger partial charge in [-0.15, -0.1) is 0 Å². The molecule has 0 atom stereocenters. The minimum atomic E-state index is 0.159. The summed E-state index contributed by atoms with van der Waals surface area (Å²) in [5, 5.41) is 3.28. The third-order valence-electron chi connectivity index (χ3n) is 5.43. The van der Waals surface area contributed by atoms with Crippen LogP contribution in [-0.2, 0) is 18.3 Å². The lowest BCUT2D eigenvalue weighted by atomic mass is 10.1. The van der Waals surface area contributed by atoms with E-state index in [0.29, 0.717) is 44.5 Å². The maximum absolute atomic E-state index is 12.7. The number of hydrogen-bond donors (Lipinski definition) is 1. The van der Waals surface area contributed by atoms with Crippen molar-refractivity contribution in [3.8, 4) is 0 Å². The number of carbonyl (C=O) groups excluding carboxylic acids is 1. The van der Waals surface area contributed by atoms with Crippen molar-refractivity contribution in [3.63, 3.8) is 0 Å². The molecule has 0 aliphatic carbocycles. The molecule has 9 nitrogen and oxygen atoms in total. The van der Waals surface area contributed by atoms with Crippen LogP contribution in [0.2, 0.25) is 0 Å². The summed E-state index contributed by atoms with van der Waals surface area (Å²) in [6, 6.07) is 13.8. The molecule has 1 aliphatic rings. The number of nitrogens with zero attached hydrogens (tertiary/aromatic N) is 7. The van der Waals surface area contributed by atoms with E-state index in [4.69, 9.17) is 9.97 Å². The van der Waals surface area contributed by atoms with Crippen molar-refractivity contribution in [1.29, 1.82) is 0 Å². The Balaban J connectivity index is 1.30. The van der Waals surface area contributed by atoms with Crippen LogP contribution in [0.15, 0.2) is 61.2 Å². The van der Waals surface area contributed by atoms with E-state index in [-0.39, 0.29) is 5.91 Å². The number of aromatic nitrogens is 5. The van der Waals surface area contributed by atoms with E-state index in [2.05, 4.69) is 15.2 Å². The van der Waals surface area contributed by atoms with Gasteiger partial charge in [0.05, 0.1) is 12.7 Å². The number of rotatable bonds is 5. The first-order valence-corrected chi connectivity index (χ1v) is 10.3. The van der Waals surface area contributed by atoms with E-state index in [9.17, 15) is 4.79 Å². The maximum atomic E-state index is 12.7. The number of benzene rings is 1. The van der Waals surface area contributed by atoms with Crippen LogP contribution < -0.4 is 10.2 Å². The Kier molecular flexibility index (Phi) is 4.99. The molecule has 9 heteroatoms. The van der Waals surface area contributed by atoms with Gasteiger partial charge in [-0.25, -0.2) is 4.98 Å². The van der Waals surface area contributed by atoms with Gasteiger partial charge in [-0.1, -0.05) is 30.3 Å². The molecular weight excluding hydrogens is 392 g/mol. The molecule has 3 aromatic heterocycles. The Morgan fingerprint density at radius 3 is 2.58 bits per heavy atom. The SMILES string of the molecule is Cn1cnc(Nc2nc(N3CCN(C(=O)Cc4ccccc4)CC3)nc3cccn23)c1. The van der Waals surface area contributed by atoms with Gasteiger partial charge in [0.2, 0.25) is 17.8 Å². The summed E-state index contributed by atoms with van der Waals surface area (Å²) < 4.78 is 3.78. The summed E-state index contributed by atoms with van der Waals surface area (Å²) in [6.45, 7) is 2.70. The van der Waals surface area contributed by atoms with Crippen LogP contribution in [0.1, 0.15) is 5.56 Å². The third kappa shape index (κ3) is 4.07.